The molecule has 0 atom stereocenters. The molecule has 0 saturated carbocycles. The van der Waals surface area contributed by atoms with Gasteiger partial charge in [-0.05, 0) is 12.5 Å². The first-order valence-corrected chi connectivity index (χ1v) is 3.77. The van der Waals surface area contributed by atoms with E-state index in [4.69, 9.17) is 0 Å². The van der Waals surface area contributed by atoms with Crippen LogP contribution >= 0.6 is 0 Å². The Morgan fingerprint density at radius 3 is 2.73 bits per heavy atom. The van der Waals surface area contributed by atoms with Crippen LogP contribution in [0.25, 0.3) is 0 Å². The lowest BCUT2D eigenvalue weighted by Crippen LogP contribution is -1.89. The quantitative estimate of drug-likeness (QED) is 0.599. The Bertz CT molecular complexity index is 248. The summed E-state index contributed by atoms with van der Waals surface area (Å²) in [6.45, 7) is 7.90. The van der Waals surface area contributed by atoms with Gasteiger partial charge in [-0.1, -0.05) is 42.8 Å². The van der Waals surface area contributed by atoms with Crippen LogP contribution in [0.1, 0.15) is 18.1 Å². The molecule has 0 nitrogen and oxygen atoms in total. The summed E-state index contributed by atoms with van der Waals surface area (Å²) >= 11 is 0. The summed E-state index contributed by atoms with van der Waals surface area (Å²) in [5.41, 5.74) is 2.56. The summed E-state index contributed by atoms with van der Waals surface area (Å²) in [7, 11) is 0. The summed E-state index contributed by atoms with van der Waals surface area (Å²) in [6, 6.07) is 8.43. The highest BCUT2D eigenvalue weighted by molar-refractivity contribution is 5.37. The molecule has 0 saturated heterocycles. The van der Waals surface area contributed by atoms with Crippen molar-refractivity contribution in [2.75, 3.05) is 0 Å². The number of benzene rings is 1. The van der Waals surface area contributed by atoms with E-state index in [2.05, 4.69) is 44.7 Å². The van der Waals surface area contributed by atoms with Crippen LogP contribution in [0.15, 0.2) is 36.9 Å². The zero-order chi connectivity index (χ0) is 8.27. The summed E-state index contributed by atoms with van der Waals surface area (Å²) in [4.78, 5) is 0. The van der Waals surface area contributed by atoms with Crippen molar-refractivity contribution in [3.63, 3.8) is 0 Å². The number of rotatable bonds is 2. The zero-order valence-electron chi connectivity index (χ0n) is 7.09. The molecule has 0 aliphatic rings. The molecule has 0 aliphatic heterocycles. The number of allylic oxidation sites excluding steroid dienone is 1. The van der Waals surface area contributed by atoms with Gasteiger partial charge in [0.15, 0.2) is 0 Å². The SMILES string of the molecule is C=C[C](C)c1cccc(C)c1. The van der Waals surface area contributed by atoms with Gasteiger partial charge in [0.05, 0.1) is 0 Å². The Morgan fingerprint density at radius 2 is 2.18 bits per heavy atom. The minimum Gasteiger partial charge on any atom is -0.102 e. The van der Waals surface area contributed by atoms with Crippen molar-refractivity contribution < 1.29 is 0 Å². The first kappa shape index (κ1) is 8.06. The van der Waals surface area contributed by atoms with Gasteiger partial charge in [-0.25, -0.2) is 0 Å². The van der Waals surface area contributed by atoms with Crippen molar-refractivity contribution in [1.82, 2.24) is 0 Å². The van der Waals surface area contributed by atoms with Crippen molar-refractivity contribution in [2.24, 2.45) is 0 Å². The highest BCUT2D eigenvalue weighted by atomic mass is 14.0. The third-order valence-electron chi connectivity index (χ3n) is 1.78. The van der Waals surface area contributed by atoms with Gasteiger partial charge < -0.3 is 0 Å². The van der Waals surface area contributed by atoms with Gasteiger partial charge in [0.25, 0.3) is 0 Å². The maximum Gasteiger partial charge on any atom is 0.0230 e. The molecule has 1 aromatic rings. The van der Waals surface area contributed by atoms with Crippen molar-refractivity contribution in [1.29, 1.82) is 0 Å². The predicted octanol–water partition coefficient (Wildman–Crippen LogP) is 3.12. The van der Waals surface area contributed by atoms with Crippen LogP contribution in [0.2, 0.25) is 0 Å². The van der Waals surface area contributed by atoms with E-state index in [1.54, 1.807) is 0 Å². The van der Waals surface area contributed by atoms with Crippen molar-refractivity contribution >= 4 is 0 Å². The van der Waals surface area contributed by atoms with E-state index in [0.717, 1.165) is 0 Å². The highest BCUT2D eigenvalue weighted by Crippen LogP contribution is 2.15. The lowest BCUT2D eigenvalue weighted by Gasteiger charge is -2.05. The molecule has 0 heterocycles. The van der Waals surface area contributed by atoms with E-state index in [1.165, 1.54) is 17.0 Å². The van der Waals surface area contributed by atoms with E-state index in [9.17, 15) is 0 Å². The molecular weight excluding hydrogens is 132 g/mol. The van der Waals surface area contributed by atoms with Crippen LogP contribution < -0.4 is 0 Å². The second kappa shape index (κ2) is 3.38. The molecule has 0 N–H and O–H groups in total. The van der Waals surface area contributed by atoms with E-state index in [1.807, 2.05) is 6.08 Å². The standard InChI is InChI=1S/C11H13/c1-4-10(3)11-7-5-6-9(2)8-11/h4-8H,1H2,2-3H3. The van der Waals surface area contributed by atoms with Crippen LogP contribution in [-0.2, 0) is 0 Å². The van der Waals surface area contributed by atoms with Gasteiger partial charge in [-0.3, -0.25) is 0 Å². The molecule has 0 heteroatoms. The van der Waals surface area contributed by atoms with Crippen LogP contribution in [0.4, 0.5) is 0 Å². The number of aryl methyl sites for hydroxylation is 1. The fourth-order valence-electron chi connectivity index (χ4n) is 1.01. The minimum atomic E-state index is 1.23. The van der Waals surface area contributed by atoms with E-state index < -0.39 is 0 Å². The zero-order valence-corrected chi connectivity index (χ0v) is 7.09. The van der Waals surface area contributed by atoms with Gasteiger partial charge in [0, 0.05) is 5.92 Å². The maximum atomic E-state index is 3.73. The minimum absolute atomic E-state index is 1.23. The second-order valence-corrected chi connectivity index (χ2v) is 2.76. The fourth-order valence-corrected chi connectivity index (χ4v) is 1.01. The van der Waals surface area contributed by atoms with Crippen molar-refractivity contribution in [3.8, 4) is 0 Å². The Kier molecular flexibility index (Phi) is 2.48. The Morgan fingerprint density at radius 1 is 1.45 bits per heavy atom. The molecular formula is C11H13. The van der Waals surface area contributed by atoms with Crippen molar-refractivity contribution in [3.05, 3.63) is 54.0 Å². The monoisotopic (exact) mass is 145 g/mol. The topological polar surface area (TPSA) is 0 Å². The highest BCUT2D eigenvalue weighted by Gasteiger charge is 1.99. The Balaban J connectivity index is 2.95. The third-order valence-corrected chi connectivity index (χ3v) is 1.78. The summed E-state index contributed by atoms with van der Waals surface area (Å²) < 4.78 is 0. The molecule has 0 aliphatic carbocycles. The molecule has 0 amide bonds. The van der Waals surface area contributed by atoms with Crippen LogP contribution in [0.3, 0.4) is 0 Å². The molecule has 57 valence electrons. The van der Waals surface area contributed by atoms with Crippen molar-refractivity contribution in [2.45, 2.75) is 13.8 Å². The largest absolute Gasteiger partial charge is 0.102 e. The molecule has 0 bridgehead atoms. The van der Waals surface area contributed by atoms with Crippen LogP contribution in [0, 0.1) is 12.8 Å². The summed E-state index contributed by atoms with van der Waals surface area (Å²) in [5, 5.41) is 0. The number of hydrogen-bond acceptors (Lipinski definition) is 0. The smallest absolute Gasteiger partial charge is 0.0230 e. The fraction of sp³-hybridized carbons (Fsp3) is 0.182. The molecule has 0 spiro atoms. The molecule has 0 fully saturated rings. The van der Waals surface area contributed by atoms with Gasteiger partial charge >= 0.3 is 0 Å². The molecule has 1 rings (SSSR count). The molecule has 11 heavy (non-hydrogen) atoms. The number of hydrogen-bond donors (Lipinski definition) is 0. The lowest BCUT2D eigenvalue weighted by molar-refractivity contribution is 1.24. The second-order valence-electron chi connectivity index (χ2n) is 2.76. The van der Waals surface area contributed by atoms with E-state index in [-0.39, 0.29) is 0 Å². The van der Waals surface area contributed by atoms with Crippen LogP contribution in [-0.4, -0.2) is 0 Å². The normalized spacial score (nSPS) is 10.1. The molecule has 1 radical (unpaired) electrons. The summed E-state index contributed by atoms with van der Waals surface area (Å²) in [5.74, 6) is 1.23. The first-order valence-electron chi connectivity index (χ1n) is 3.77. The van der Waals surface area contributed by atoms with Gasteiger partial charge in [0.1, 0.15) is 0 Å². The summed E-state index contributed by atoms with van der Waals surface area (Å²) in [6.07, 6.45) is 1.88. The van der Waals surface area contributed by atoms with Gasteiger partial charge in [0.2, 0.25) is 0 Å². The Labute approximate surface area is 68.6 Å². The maximum absolute atomic E-state index is 3.73. The average molecular weight is 145 g/mol. The molecule has 0 unspecified atom stereocenters. The van der Waals surface area contributed by atoms with E-state index >= 15 is 0 Å². The van der Waals surface area contributed by atoms with E-state index in [0.29, 0.717) is 0 Å². The van der Waals surface area contributed by atoms with Crippen LogP contribution in [0.5, 0.6) is 0 Å². The molecule has 1 aromatic carbocycles. The van der Waals surface area contributed by atoms with Gasteiger partial charge in [-0.2, -0.15) is 0 Å². The predicted molar refractivity (Wildman–Crippen MR) is 49.4 cm³/mol. The van der Waals surface area contributed by atoms with Gasteiger partial charge in [-0.15, -0.1) is 6.58 Å². The Hall–Kier alpha value is -1.04. The third kappa shape index (κ3) is 1.94. The first-order chi connectivity index (χ1) is 5.24. The average Bonchev–Trinajstić information content (AvgIpc) is 2.03. The molecule has 0 aromatic heterocycles. The lowest BCUT2D eigenvalue weighted by atomic mass is 10.00.